The van der Waals surface area contributed by atoms with E-state index in [-0.39, 0.29) is 5.56 Å². The van der Waals surface area contributed by atoms with Gasteiger partial charge in [0, 0.05) is 38.9 Å². The Bertz CT molecular complexity index is 1100. The van der Waals surface area contributed by atoms with Crippen LogP contribution in [-0.4, -0.2) is 35.6 Å². The summed E-state index contributed by atoms with van der Waals surface area (Å²) in [4.78, 5) is 18.7. The van der Waals surface area contributed by atoms with E-state index in [0.29, 0.717) is 13.1 Å². The highest BCUT2D eigenvalue weighted by molar-refractivity contribution is 5.79. The predicted molar refractivity (Wildman–Crippen MR) is 134 cm³/mol. The Hall–Kier alpha value is -3.38. The number of likely N-dealkylation sites (tertiary alicyclic amines) is 1. The quantitative estimate of drug-likeness (QED) is 0.414. The lowest BCUT2D eigenvalue weighted by Gasteiger charge is -2.15. The van der Waals surface area contributed by atoms with Gasteiger partial charge in [-0.2, -0.15) is 0 Å². The summed E-state index contributed by atoms with van der Waals surface area (Å²) in [5, 5.41) is 6.76. The molecule has 0 atom stereocenters. The van der Waals surface area contributed by atoms with Crippen molar-refractivity contribution in [3.63, 3.8) is 0 Å². The maximum atomic E-state index is 11.9. The van der Waals surface area contributed by atoms with Crippen molar-refractivity contribution in [1.29, 1.82) is 0 Å². The molecule has 0 radical (unpaired) electrons. The van der Waals surface area contributed by atoms with Gasteiger partial charge >= 0.3 is 0 Å². The Morgan fingerprint density at radius 2 is 1.33 bits per heavy atom. The zero-order valence-corrected chi connectivity index (χ0v) is 19.3. The van der Waals surface area contributed by atoms with Crippen LogP contribution in [0.25, 0.3) is 0 Å². The molecule has 2 heterocycles. The van der Waals surface area contributed by atoms with E-state index in [1.54, 1.807) is 23.7 Å². The van der Waals surface area contributed by atoms with E-state index in [1.807, 2.05) is 12.3 Å². The molecular formula is C27H33N5O. The van der Waals surface area contributed by atoms with Gasteiger partial charge in [0.1, 0.15) is 0 Å². The lowest BCUT2D eigenvalue weighted by Crippen LogP contribution is -2.36. The molecular weight excluding hydrogens is 410 g/mol. The van der Waals surface area contributed by atoms with Crippen molar-refractivity contribution >= 4 is 5.96 Å². The molecule has 1 fully saturated rings. The summed E-state index contributed by atoms with van der Waals surface area (Å²) in [7, 11) is 1.79. The third-order valence-corrected chi connectivity index (χ3v) is 6.05. The number of nitrogens with one attached hydrogen (secondary N) is 2. The van der Waals surface area contributed by atoms with Crippen molar-refractivity contribution < 1.29 is 0 Å². The molecule has 2 N–H and O–H groups in total. The molecule has 3 aromatic rings. The number of nitrogens with zero attached hydrogens (tertiary/aromatic N) is 3. The Balaban J connectivity index is 1.23. The van der Waals surface area contributed by atoms with Gasteiger partial charge in [-0.05, 0) is 54.3 Å². The Labute approximate surface area is 196 Å². The average molecular weight is 444 g/mol. The zero-order chi connectivity index (χ0) is 22.9. The van der Waals surface area contributed by atoms with Gasteiger partial charge in [0.2, 0.25) is 0 Å². The predicted octanol–water partition coefficient (Wildman–Crippen LogP) is 3.36. The summed E-state index contributed by atoms with van der Waals surface area (Å²) < 4.78 is 1.71. The van der Waals surface area contributed by atoms with Gasteiger partial charge < -0.3 is 15.2 Å². The second kappa shape index (κ2) is 11.5. The molecule has 2 aromatic carbocycles. The van der Waals surface area contributed by atoms with Gasteiger partial charge in [0.05, 0.1) is 6.54 Å². The number of aliphatic imine (C=N–C) groups is 1. The van der Waals surface area contributed by atoms with Gasteiger partial charge in [0.25, 0.3) is 5.56 Å². The highest BCUT2D eigenvalue weighted by Crippen LogP contribution is 2.13. The SMILES string of the molecule is CN=C(NCc1ccc(CN2CCCC2)cc1)NCc1ccc(Cn2ccccc2=O)cc1. The lowest BCUT2D eigenvalue weighted by molar-refractivity contribution is 0.331. The van der Waals surface area contributed by atoms with Gasteiger partial charge in [-0.15, -0.1) is 0 Å². The molecule has 0 spiro atoms. The fraction of sp³-hybridized carbons (Fsp3) is 0.333. The minimum absolute atomic E-state index is 0.0133. The van der Waals surface area contributed by atoms with Crippen LogP contribution >= 0.6 is 0 Å². The summed E-state index contributed by atoms with van der Waals surface area (Å²) in [6, 6.07) is 22.4. The molecule has 1 aliphatic heterocycles. The molecule has 172 valence electrons. The fourth-order valence-electron chi connectivity index (χ4n) is 4.10. The number of benzene rings is 2. The molecule has 33 heavy (non-hydrogen) atoms. The van der Waals surface area contributed by atoms with Gasteiger partial charge in [0.15, 0.2) is 5.96 Å². The molecule has 1 aromatic heterocycles. The highest BCUT2D eigenvalue weighted by Gasteiger charge is 2.11. The lowest BCUT2D eigenvalue weighted by atomic mass is 10.1. The van der Waals surface area contributed by atoms with E-state index in [2.05, 4.69) is 69.1 Å². The van der Waals surface area contributed by atoms with E-state index >= 15 is 0 Å². The minimum Gasteiger partial charge on any atom is -0.352 e. The normalized spacial score (nSPS) is 14.4. The van der Waals surface area contributed by atoms with Crippen LogP contribution in [0, 0.1) is 0 Å². The number of guanidine groups is 1. The number of rotatable bonds is 8. The number of pyridine rings is 1. The van der Waals surface area contributed by atoms with E-state index in [0.717, 1.165) is 30.2 Å². The fourth-order valence-corrected chi connectivity index (χ4v) is 4.10. The highest BCUT2D eigenvalue weighted by atomic mass is 16.1. The van der Waals surface area contributed by atoms with Gasteiger partial charge in [-0.25, -0.2) is 0 Å². The van der Waals surface area contributed by atoms with Crippen molar-refractivity contribution in [3.8, 4) is 0 Å². The largest absolute Gasteiger partial charge is 0.352 e. The first-order valence-electron chi connectivity index (χ1n) is 11.7. The summed E-state index contributed by atoms with van der Waals surface area (Å²) >= 11 is 0. The van der Waals surface area contributed by atoms with Crippen molar-refractivity contribution in [3.05, 3.63) is 106 Å². The summed E-state index contributed by atoms with van der Waals surface area (Å²) in [5.41, 5.74) is 4.89. The van der Waals surface area contributed by atoms with Crippen LogP contribution in [0.15, 0.2) is 82.7 Å². The van der Waals surface area contributed by atoms with E-state index < -0.39 is 0 Å². The van der Waals surface area contributed by atoms with Crippen molar-refractivity contribution in [2.24, 2.45) is 4.99 Å². The van der Waals surface area contributed by atoms with E-state index in [4.69, 9.17) is 0 Å². The molecule has 0 amide bonds. The first kappa shape index (κ1) is 22.8. The van der Waals surface area contributed by atoms with Gasteiger partial charge in [-0.1, -0.05) is 54.6 Å². The molecule has 4 rings (SSSR count). The van der Waals surface area contributed by atoms with Crippen LogP contribution in [0.3, 0.4) is 0 Å². The topological polar surface area (TPSA) is 61.7 Å². The first-order chi connectivity index (χ1) is 16.2. The summed E-state index contributed by atoms with van der Waals surface area (Å²) in [6.45, 7) is 5.49. The van der Waals surface area contributed by atoms with Gasteiger partial charge in [-0.3, -0.25) is 14.7 Å². The molecule has 1 saturated heterocycles. The Morgan fingerprint density at radius 3 is 1.88 bits per heavy atom. The second-order valence-electron chi connectivity index (χ2n) is 8.56. The maximum Gasteiger partial charge on any atom is 0.250 e. The van der Waals surface area contributed by atoms with Crippen molar-refractivity contribution in [2.75, 3.05) is 20.1 Å². The van der Waals surface area contributed by atoms with E-state index in [9.17, 15) is 4.79 Å². The monoisotopic (exact) mass is 443 g/mol. The van der Waals surface area contributed by atoms with Crippen molar-refractivity contribution in [1.82, 2.24) is 20.1 Å². The first-order valence-corrected chi connectivity index (χ1v) is 11.7. The molecule has 0 unspecified atom stereocenters. The molecule has 6 nitrogen and oxygen atoms in total. The smallest absolute Gasteiger partial charge is 0.250 e. The standard InChI is InChI=1S/C27H33N5O/c1-28-27(29-18-22-7-11-24(12-8-22)20-31-15-4-5-16-31)30-19-23-9-13-25(14-10-23)21-32-17-3-2-6-26(32)33/h2-3,6-14,17H,4-5,15-16,18-21H2,1H3,(H2,28,29,30). The minimum atomic E-state index is 0.0133. The number of aromatic nitrogens is 1. The Kier molecular flexibility index (Phi) is 7.93. The average Bonchev–Trinajstić information content (AvgIpc) is 3.36. The molecule has 0 saturated carbocycles. The van der Waals surface area contributed by atoms with E-state index in [1.165, 1.54) is 37.1 Å². The third kappa shape index (κ3) is 6.80. The van der Waals surface area contributed by atoms with Crippen molar-refractivity contribution in [2.45, 2.75) is 39.0 Å². The molecule has 6 heteroatoms. The third-order valence-electron chi connectivity index (χ3n) is 6.05. The number of hydrogen-bond donors (Lipinski definition) is 2. The van der Waals surface area contributed by atoms with Crippen LogP contribution < -0.4 is 16.2 Å². The Morgan fingerprint density at radius 1 is 0.788 bits per heavy atom. The number of hydrogen-bond acceptors (Lipinski definition) is 3. The van der Waals surface area contributed by atoms with Crippen LogP contribution in [0.2, 0.25) is 0 Å². The second-order valence-corrected chi connectivity index (χ2v) is 8.56. The zero-order valence-electron chi connectivity index (χ0n) is 19.3. The van der Waals surface area contributed by atoms with Crippen LogP contribution in [-0.2, 0) is 26.2 Å². The maximum absolute atomic E-state index is 11.9. The van der Waals surface area contributed by atoms with Crippen LogP contribution in [0.4, 0.5) is 0 Å². The summed E-state index contributed by atoms with van der Waals surface area (Å²) in [6.07, 6.45) is 4.47. The summed E-state index contributed by atoms with van der Waals surface area (Å²) in [5.74, 6) is 0.774. The van der Waals surface area contributed by atoms with Crippen LogP contribution in [0.1, 0.15) is 35.1 Å². The van der Waals surface area contributed by atoms with Crippen LogP contribution in [0.5, 0.6) is 0 Å². The molecule has 0 aliphatic carbocycles. The molecule has 1 aliphatic rings. The molecule has 0 bridgehead atoms.